The lowest BCUT2D eigenvalue weighted by Crippen LogP contribution is -2.38. The molecule has 1 heterocycles. The van der Waals surface area contributed by atoms with Crippen LogP contribution in [-0.4, -0.2) is 43.7 Å². The minimum atomic E-state index is -0.151. The summed E-state index contributed by atoms with van der Waals surface area (Å²) >= 11 is 0. The van der Waals surface area contributed by atoms with Crippen LogP contribution in [0.3, 0.4) is 0 Å². The number of ether oxygens (including phenoxy) is 1. The number of aromatic amines is 1. The molecule has 0 bridgehead atoms. The number of fused-ring (bicyclic) bond motifs is 1. The Labute approximate surface area is 142 Å². The number of benzene rings is 1. The lowest BCUT2D eigenvalue weighted by Gasteiger charge is -2.11. The molecule has 1 aromatic carbocycles. The van der Waals surface area contributed by atoms with Gasteiger partial charge < -0.3 is 20.4 Å². The molecule has 1 aromatic heterocycles. The van der Waals surface area contributed by atoms with E-state index in [0.717, 1.165) is 30.9 Å². The number of hydrogen-bond acceptors (Lipinski definition) is 3. The van der Waals surface area contributed by atoms with E-state index in [1.54, 1.807) is 7.05 Å². The average Bonchev–Trinajstić information content (AvgIpc) is 3.00. The van der Waals surface area contributed by atoms with Gasteiger partial charge in [0, 0.05) is 43.7 Å². The smallest absolute Gasteiger partial charge is 0.305 e. The molecule has 0 atom stereocenters. The first-order chi connectivity index (χ1) is 11.7. The number of para-hydroxylation sites is 1. The highest BCUT2D eigenvalue weighted by Crippen LogP contribution is 2.17. The van der Waals surface area contributed by atoms with Gasteiger partial charge >= 0.3 is 5.97 Å². The van der Waals surface area contributed by atoms with Crippen LogP contribution in [0.2, 0.25) is 0 Å². The van der Waals surface area contributed by atoms with E-state index in [4.69, 9.17) is 4.74 Å². The maximum Gasteiger partial charge on any atom is 0.305 e. The molecule has 0 aliphatic rings. The summed E-state index contributed by atoms with van der Waals surface area (Å²) < 4.78 is 4.90. The van der Waals surface area contributed by atoms with Crippen molar-refractivity contribution in [2.45, 2.75) is 26.2 Å². The highest BCUT2D eigenvalue weighted by molar-refractivity contribution is 5.83. The number of aliphatic imine (C=N–C) groups is 1. The highest BCUT2D eigenvalue weighted by atomic mass is 16.5. The fraction of sp³-hybridized carbons (Fsp3) is 0.444. The van der Waals surface area contributed by atoms with Gasteiger partial charge in [-0.15, -0.1) is 0 Å². The van der Waals surface area contributed by atoms with E-state index in [0.29, 0.717) is 19.6 Å². The molecule has 0 radical (unpaired) electrons. The SMILES string of the molecule is CCOC(=O)CCCNC(=NC)NCCc1c[nH]c2ccccc12. The molecule has 0 fully saturated rings. The molecule has 0 unspecified atom stereocenters. The van der Waals surface area contributed by atoms with E-state index in [9.17, 15) is 4.79 Å². The zero-order valence-corrected chi connectivity index (χ0v) is 14.4. The molecule has 130 valence electrons. The summed E-state index contributed by atoms with van der Waals surface area (Å²) in [5, 5.41) is 7.76. The fourth-order valence-electron chi connectivity index (χ4n) is 2.55. The minimum absolute atomic E-state index is 0.151. The molecule has 0 spiro atoms. The average molecular weight is 330 g/mol. The van der Waals surface area contributed by atoms with Crippen molar-refractivity contribution >= 4 is 22.8 Å². The molecular weight excluding hydrogens is 304 g/mol. The summed E-state index contributed by atoms with van der Waals surface area (Å²) in [4.78, 5) is 18.7. The summed E-state index contributed by atoms with van der Waals surface area (Å²) in [5.41, 5.74) is 2.45. The molecule has 2 aromatic rings. The van der Waals surface area contributed by atoms with Crippen molar-refractivity contribution in [2.24, 2.45) is 4.99 Å². The van der Waals surface area contributed by atoms with Gasteiger partial charge in [-0.1, -0.05) is 18.2 Å². The number of rotatable bonds is 8. The number of nitrogens with zero attached hydrogens (tertiary/aromatic N) is 1. The number of H-pyrrole nitrogens is 1. The van der Waals surface area contributed by atoms with Gasteiger partial charge in [-0.25, -0.2) is 0 Å². The van der Waals surface area contributed by atoms with Crippen LogP contribution in [0.15, 0.2) is 35.5 Å². The van der Waals surface area contributed by atoms with E-state index in [1.165, 1.54) is 10.9 Å². The number of carbonyl (C=O) groups excluding carboxylic acids is 1. The van der Waals surface area contributed by atoms with Gasteiger partial charge in [-0.2, -0.15) is 0 Å². The number of carbonyl (C=O) groups is 1. The Balaban J connectivity index is 1.69. The standard InChI is InChI=1S/C18H26N4O2/c1-3-24-17(23)9-6-11-20-18(19-2)21-12-10-14-13-22-16-8-5-4-7-15(14)16/h4-5,7-8,13,22H,3,6,9-12H2,1-2H3,(H2,19,20,21). The third-order valence-corrected chi connectivity index (χ3v) is 3.74. The molecule has 0 saturated heterocycles. The van der Waals surface area contributed by atoms with Gasteiger partial charge in [-0.05, 0) is 31.4 Å². The summed E-state index contributed by atoms with van der Waals surface area (Å²) in [6.07, 6.45) is 4.12. The van der Waals surface area contributed by atoms with Crippen LogP contribution in [0.5, 0.6) is 0 Å². The fourth-order valence-corrected chi connectivity index (χ4v) is 2.55. The summed E-state index contributed by atoms with van der Waals surface area (Å²) in [6.45, 7) is 3.73. The first kappa shape index (κ1) is 17.8. The maximum absolute atomic E-state index is 11.3. The summed E-state index contributed by atoms with van der Waals surface area (Å²) in [5.74, 6) is 0.597. The van der Waals surface area contributed by atoms with Crippen LogP contribution in [0.1, 0.15) is 25.3 Å². The Bertz CT molecular complexity index is 678. The van der Waals surface area contributed by atoms with Gasteiger partial charge in [0.25, 0.3) is 0 Å². The van der Waals surface area contributed by atoms with Crippen LogP contribution >= 0.6 is 0 Å². The summed E-state index contributed by atoms with van der Waals surface area (Å²) in [7, 11) is 1.74. The zero-order chi connectivity index (χ0) is 17.2. The molecule has 2 rings (SSSR count). The van der Waals surface area contributed by atoms with E-state index in [2.05, 4.69) is 45.0 Å². The Kier molecular flexibility index (Phi) is 7.14. The topological polar surface area (TPSA) is 78.5 Å². The van der Waals surface area contributed by atoms with Crippen molar-refractivity contribution in [1.82, 2.24) is 15.6 Å². The first-order valence-electron chi connectivity index (χ1n) is 8.39. The third-order valence-electron chi connectivity index (χ3n) is 3.74. The van der Waals surface area contributed by atoms with Crippen molar-refractivity contribution < 1.29 is 9.53 Å². The molecule has 24 heavy (non-hydrogen) atoms. The second-order valence-corrected chi connectivity index (χ2v) is 5.44. The van der Waals surface area contributed by atoms with Crippen LogP contribution in [-0.2, 0) is 16.0 Å². The molecule has 0 amide bonds. The Hall–Kier alpha value is -2.50. The van der Waals surface area contributed by atoms with Gasteiger partial charge in [0.2, 0.25) is 0 Å². The summed E-state index contributed by atoms with van der Waals surface area (Å²) in [6, 6.07) is 8.29. The molecule has 0 saturated carbocycles. The maximum atomic E-state index is 11.3. The van der Waals surface area contributed by atoms with Crippen molar-refractivity contribution in [3.63, 3.8) is 0 Å². The number of nitrogens with one attached hydrogen (secondary N) is 3. The number of hydrogen-bond donors (Lipinski definition) is 3. The quantitative estimate of drug-likeness (QED) is 0.300. The normalized spacial score (nSPS) is 11.5. The van der Waals surface area contributed by atoms with Gasteiger partial charge in [0.05, 0.1) is 6.61 Å². The lowest BCUT2D eigenvalue weighted by molar-refractivity contribution is -0.143. The van der Waals surface area contributed by atoms with E-state index < -0.39 is 0 Å². The van der Waals surface area contributed by atoms with Crippen molar-refractivity contribution in [3.8, 4) is 0 Å². The van der Waals surface area contributed by atoms with Crippen molar-refractivity contribution in [1.29, 1.82) is 0 Å². The molecule has 3 N–H and O–H groups in total. The van der Waals surface area contributed by atoms with Crippen LogP contribution < -0.4 is 10.6 Å². The predicted octanol–water partition coefficient (Wildman–Crippen LogP) is 2.22. The molecule has 0 aliphatic heterocycles. The Morgan fingerprint density at radius 2 is 2.04 bits per heavy atom. The van der Waals surface area contributed by atoms with Gasteiger partial charge in [-0.3, -0.25) is 9.79 Å². The second-order valence-electron chi connectivity index (χ2n) is 5.44. The van der Waals surface area contributed by atoms with Gasteiger partial charge in [0.1, 0.15) is 0 Å². The molecule has 0 aliphatic carbocycles. The van der Waals surface area contributed by atoms with Crippen molar-refractivity contribution in [3.05, 3.63) is 36.0 Å². The molecule has 6 nitrogen and oxygen atoms in total. The molecular formula is C18H26N4O2. The largest absolute Gasteiger partial charge is 0.466 e. The monoisotopic (exact) mass is 330 g/mol. The third kappa shape index (κ3) is 5.30. The van der Waals surface area contributed by atoms with Crippen LogP contribution in [0.4, 0.5) is 0 Å². The second kappa shape index (κ2) is 9.60. The first-order valence-corrected chi connectivity index (χ1v) is 8.39. The van der Waals surface area contributed by atoms with Crippen LogP contribution in [0.25, 0.3) is 10.9 Å². The zero-order valence-electron chi connectivity index (χ0n) is 14.4. The van der Waals surface area contributed by atoms with Gasteiger partial charge in [0.15, 0.2) is 5.96 Å². The number of esters is 1. The number of guanidine groups is 1. The minimum Gasteiger partial charge on any atom is -0.466 e. The van der Waals surface area contributed by atoms with E-state index >= 15 is 0 Å². The van der Waals surface area contributed by atoms with Crippen LogP contribution in [0, 0.1) is 0 Å². The van der Waals surface area contributed by atoms with E-state index in [-0.39, 0.29) is 5.97 Å². The Morgan fingerprint density at radius 3 is 2.83 bits per heavy atom. The number of aromatic nitrogens is 1. The lowest BCUT2D eigenvalue weighted by atomic mass is 10.1. The van der Waals surface area contributed by atoms with Crippen molar-refractivity contribution in [2.75, 3.05) is 26.7 Å². The predicted molar refractivity (Wildman–Crippen MR) is 97.2 cm³/mol. The molecule has 6 heteroatoms. The van der Waals surface area contributed by atoms with E-state index in [1.807, 2.05) is 13.0 Å². The highest BCUT2D eigenvalue weighted by Gasteiger charge is 2.04. The Morgan fingerprint density at radius 1 is 1.25 bits per heavy atom.